The minimum absolute atomic E-state index is 0.215. The second-order valence-corrected chi connectivity index (χ2v) is 11.3. The number of hydrogen-bond donors (Lipinski definition) is 2. The molecule has 0 spiro atoms. The van der Waals surface area contributed by atoms with Crippen molar-refractivity contribution in [1.82, 2.24) is 24.6 Å². The van der Waals surface area contributed by atoms with E-state index < -0.39 is 43.6 Å². The molecule has 36 heavy (non-hydrogen) atoms. The number of carbonyl (C=O) groups is 2. The van der Waals surface area contributed by atoms with Crippen LogP contribution < -0.4 is 10.8 Å². The van der Waals surface area contributed by atoms with Crippen molar-refractivity contribution in [3.8, 4) is 0 Å². The quantitative estimate of drug-likeness (QED) is 0.272. The molecule has 14 heteroatoms. The minimum Gasteiger partial charge on any atom is -0.464 e. The highest BCUT2D eigenvalue weighted by atomic mass is 31.2. The number of nitrogen functional groups attached to an aromatic ring is 1. The normalized spacial score (nSPS) is 15.4. The molecular weight excluding hydrogens is 491 g/mol. The molecule has 0 saturated heterocycles. The van der Waals surface area contributed by atoms with Crippen molar-refractivity contribution in [2.75, 3.05) is 18.7 Å². The van der Waals surface area contributed by atoms with Crippen LogP contribution in [0.25, 0.3) is 11.2 Å². The molecule has 1 unspecified atom stereocenters. The summed E-state index contributed by atoms with van der Waals surface area (Å²) in [5.41, 5.74) is 5.45. The van der Waals surface area contributed by atoms with E-state index in [0.29, 0.717) is 24.1 Å². The molecule has 0 saturated carbocycles. The van der Waals surface area contributed by atoms with E-state index in [1.54, 1.807) is 31.7 Å². The van der Waals surface area contributed by atoms with Gasteiger partial charge in [-0.05, 0) is 48.0 Å². The van der Waals surface area contributed by atoms with Crippen molar-refractivity contribution < 1.29 is 32.9 Å². The van der Waals surface area contributed by atoms with Crippen LogP contribution in [0, 0.1) is 0 Å². The summed E-state index contributed by atoms with van der Waals surface area (Å²) in [6.07, 6.45) is 1.06. The Morgan fingerprint density at radius 3 is 2.53 bits per heavy atom. The van der Waals surface area contributed by atoms with Gasteiger partial charge in [-0.3, -0.25) is 9.36 Å². The topological polar surface area (TPSA) is 170 Å². The van der Waals surface area contributed by atoms with Crippen LogP contribution in [0.15, 0.2) is 12.7 Å². The second-order valence-electron chi connectivity index (χ2n) is 9.21. The van der Waals surface area contributed by atoms with Gasteiger partial charge < -0.3 is 29.0 Å². The van der Waals surface area contributed by atoms with E-state index in [1.165, 1.54) is 27.1 Å². The van der Waals surface area contributed by atoms with Crippen LogP contribution in [0.4, 0.5) is 5.82 Å². The van der Waals surface area contributed by atoms with E-state index in [9.17, 15) is 14.2 Å². The third-order valence-corrected chi connectivity index (χ3v) is 6.87. The summed E-state index contributed by atoms with van der Waals surface area (Å²) in [5, 5.41) is 2.74. The summed E-state index contributed by atoms with van der Waals surface area (Å²) < 4.78 is 37.4. The number of esters is 2. The van der Waals surface area contributed by atoms with Gasteiger partial charge in [0.05, 0.1) is 31.7 Å². The van der Waals surface area contributed by atoms with Crippen LogP contribution >= 0.6 is 7.52 Å². The highest BCUT2D eigenvalue weighted by molar-refractivity contribution is 7.56. The van der Waals surface area contributed by atoms with Crippen molar-refractivity contribution in [2.45, 2.75) is 85.3 Å². The summed E-state index contributed by atoms with van der Waals surface area (Å²) in [6.45, 7) is 12.0. The molecule has 0 aliphatic rings. The Kier molecular flexibility index (Phi) is 10.4. The lowest BCUT2D eigenvalue weighted by atomic mass is 10.1. The lowest BCUT2D eigenvalue weighted by molar-refractivity contribution is -0.155. The Morgan fingerprint density at radius 2 is 1.89 bits per heavy atom. The van der Waals surface area contributed by atoms with Gasteiger partial charge in [-0.25, -0.2) is 24.8 Å². The average molecular weight is 529 g/mol. The number of nitrogens with two attached hydrogens (primary N) is 1. The zero-order chi connectivity index (χ0) is 27.1. The molecule has 2 aromatic rings. The van der Waals surface area contributed by atoms with Crippen molar-refractivity contribution in [2.24, 2.45) is 0 Å². The maximum absolute atomic E-state index is 13.8. The lowest BCUT2D eigenvalue weighted by Gasteiger charge is -2.31. The monoisotopic (exact) mass is 528 g/mol. The van der Waals surface area contributed by atoms with Gasteiger partial charge in [0.1, 0.15) is 23.7 Å². The van der Waals surface area contributed by atoms with E-state index in [1.807, 2.05) is 6.92 Å². The molecule has 0 radical (unpaired) electrons. The van der Waals surface area contributed by atoms with Gasteiger partial charge in [0.15, 0.2) is 17.6 Å². The lowest BCUT2D eigenvalue weighted by Crippen LogP contribution is -2.47. The molecule has 0 aliphatic heterocycles. The van der Waals surface area contributed by atoms with Gasteiger partial charge in [0.25, 0.3) is 7.52 Å². The van der Waals surface area contributed by atoms with Crippen LogP contribution in [-0.4, -0.2) is 68.3 Å². The van der Waals surface area contributed by atoms with Crippen LogP contribution in [0.1, 0.15) is 54.9 Å². The van der Waals surface area contributed by atoms with Crippen LogP contribution in [0.3, 0.4) is 0 Å². The number of anilines is 1. The predicted molar refractivity (Wildman–Crippen MR) is 133 cm³/mol. The molecule has 3 atom stereocenters. The predicted octanol–water partition coefficient (Wildman–Crippen LogP) is 2.64. The Bertz CT molecular complexity index is 1090. The van der Waals surface area contributed by atoms with E-state index >= 15 is 0 Å². The van der Waals surface area contributed by atoms with Crippen LogP contribution in [0.2, 0.25) is 0 Å². The van der Waals surface area contributed by atoms with E-state index in [2.05, 4.69) is 20.0 Å². The molecule has 0 aliphatic carbocycles. The van der Waals surface area contributed by atoms with Gasteiger partial charge in [0, 0.05) is 0 Å². The highest BCUT2D eigenvalue weighted by Crippen LogP contribution is 2.46. The van der Waals surface area contributed by atoms with Gasteiger partial charge in [-0.15, -0.1) is 0 Å². The fourth-order valence-corrected chi connectivity index (χ4v) is 5.32. The average Bonchev–Trinajstić information content (AvgIpc) is 3.19. The number of nitrogens with zero attached hydrogens (tertiary/aromatic N) is 4. The Hall–Kier alpha value is -2.60. The van der Waals surface area contributed by atoms with Crippen molar-refractivity contribution in [3.05, 3.63) is 12.7 Å². The maximum atomic E-state index is 13.8. The zero-order valence-corrected chi connectivity index (χ0v) is 22.8. The van der Waals surface area contributed by atoms with Crippen LogP contribution in [-0.2, 0) is 39.4 Å². The van der Waals surface area contributed by atoms with E-state index in [-0.39, 0.29) is 18.5 Å². The standard InChI is InChI=1S/C22H37N6O7P/c1-8-9-32-21(30)22(6,7)27-36(31,35-16(5)20(29)34-14(2)3)13-33-15(4)10-28-12-26-17-18(23)24-11-25-19(17)28/h11-12,14-16H,8-10,13H2,1-7H3,(H,27,31)(H2,23,24,25)/t15-,16+,36?/m1/s1. The number of ether oxygens (including phenoxy) is 3. The molecule has 0 amide bonds. The number of aromatic nitrogens is 4. The van der Waals surface area contributed by atoms with Crippen molar-refractivity contribution in [1.29, 1.82) is 0 Å². The first-order valence-electron chi connectivity index (χ1n) is 11.8. The Labute approximate surface area is 210 Å². The fraction of sp³-hybridized carbons (Fsp3) is 0.682. The van der Waals surface area contributed by atoms with Gasteiger partial charge >= 0.3 is 11.9 Å². The second kappa shape index (κ2) is 12.6. The van der Waals surface area contributed by atoms with Gasteiger partial charge in [-0.1, -0.05) is 6.92 Å². The first kappa shape index (κ1) is 29.6. The first-order chi connectivity index (χ1) is 16.8. The highest BCUT2D eigenvalue weighted by Gasteiger charge is 2.40. The summed E-state index contributed by atoms with van der Waals surface area (Å²) in [5.74, 6) is -1.04. The first-order valence-corrected chi connectivity index (χ1v) is 13.6. The third kappa shape index (κ3) is 8.22. The summed E-state index contributed by atoms with van der Waals surface area (Å²) >= 11 is 0. The molecule has 13 nitrogen and oxygen atoms in total. The maximum Gasteiger partial charge on any atom is 0.335 e. The van der Waals surface area contributed by atoms with Crippen molar-refractivity contribution >= 4 is 36.4 Å². The molecule has 3 N–H and O–H groups in total. The fourth-order valence-electron chi connectivity index (χ4n) is 3.15. The molecule has 0 bridgehead atoms. The molecule has 0 aromatic carbocycles. The van der Waals surface area contributed by atoms with E-state index in [4.69, 9.17) is 24.5 Å². The van der Waals surface area contributed by atoms with Crippen LogP contribution in [0.5, 0.6) is 0 Å². The van der Waals surface area contributed by atoms with Gasteiger partial charge in [-0.2, -0.15) is 0 Å². The number of nitrogens with one attached hydrogen (secondary N) is 1. The number of hydrogen-bond acceptors (Lipinski definition) is 11. The molecule has 2 rings (SSSR count). The van der Waals surface area contributed by atoms with Crippen molar-refractivity contribution in [3.63, 3.8) is 0 Å². The Balaban J connectivity index is 2.16. The number of imidazole rings is 1. The summed E-state index contributed by atoms with van der Waals surface area (Å²) in [6, 6.07) is 0. The Morgan fingerprint density at radius 1 is 1.19 bits per heavy atom. The number of fused-ring (bicyclic) bond motifs is 1. The number of carbonyl (C=O) groups excluding carboxylic acids is 2. The van der Waals surface area contributed by atoms with E-state index in [0.717, 1.165) is 0 Å². The minimum atomic E-state index is -3.92. The summed E-state index contributed by atoms with van der Waals surface area (Å²) in [7, 11) is -3.92. The summed E-state index contributed by atoms with van der Waals surface area (Å²) in [4.78, 5) is 37.2. The molecule has 2 aromatic heterocycles. The third-order valence-electron chi connectivity index (χ3n) is 4.82. The largest absolute Gasteiger partial charge is 0.464 e. The smallest absolute Gasteiger partial charge is 0.335 e. The SMILES string of the molecule is CCCOC(=O)C(C)(C)NP(=O)(CO[C@H](C)Cn1cnc2c(N)ncnc21)O[C@@H](C)C(=O)OC(C)C. The molecule has 202 valence electrons. The zero-order valence-electron chi connectivity index (χ0n) is 21.9. The molecule has 2 heterocycles. The molecule has 0 fully saturated rings. The van der Waals surface area contributed by atoms with Gasteiger partial charge in [0.2, 0.25) is 0 Å². The number of rotatable bonds is 14. The molecular formula is C22H37N6O7P.